The van der Waals surface area contributed by atoms with Crippen molar-refractivity contribution in [1.29, 1.82) is 0 Å². The summed E-state index contributed by atoms with van der Waals surface area (Å²) >= 11 is 0. The quantitative estimate of drug-likeness (QED) is 0.595. The highest BCUT2D eigenvalue weighted by molar-refractivity contribution is 5.90. The number of carbonyl (C=O) groups excluding carboxylic acids is 2. The van der Waals surface area contributed by atoms with Crippen molar-refractivity contribution >= 4 is 18.0 Å². The smallest absolute Gasteiger partial charge is 0.331 e. The summed E-state index contributed by atoms with van der Waals surface area (Å²) in [7, 11) is 0. The number of hydrogen-bond donors (Lipinski definition) is 1. The molecule has 1 N–H and O–H groups in total. The van der Waals surface area contributed by atoms with Crippen molar-refractivity contribution in [3.05, 3.63) is 35.9 Å². The van der Waals surface area contributed by atoms with Gasteiger partial charge in [0.1, 0.15) is 5.75 Å². The lowest BCUT2D eigenvalue weighted by Crippen LogP contribution is -2.45. The highest BCUT2D eigenvalue weighted by Gasteiger charge is 2.25. The SMILES string of the molecule is CCOc1ccccc1/C=C/C(=O)O[C@@H](C)C(=O)N[C@@H]1CCCC[C@@H]1C. The Morgan fingerprint density at radius 3 is 2.73 bits per heavy atom. The van der Waals surface area contributed by atoms with Gasteiger partial charge in [0.05, 0.1) is 6.61 Å². The topological polar surface area (TPSA) is 64.6 Å². The van der Waals surface area contributed by atoms with E-state index in [1.807, 2.05) is 31.2 Å². The van der Waals surface area contributed by atoms with Gasteiger partial charge in [0, 0.05) is 17.7 Å². The second kappa shape index (κ2) is 10.00. The first-order chi connectivity index (χ1) is 12.5. The van der Waals surface area contributed by atoms with E-state index in [-0.39, 0.29) is 11.9 Å². The molecule has 0 saturated heterocycles. The van der Waals surface area contributed by atoms with E-state index in [1.54, 1.807) is 13.0 Å². The molecule has 1 aliphatic carbocycles. The lowest BCUT2D eigenvalue weighted by Gasteiger charge is -2.30. The van der Waals surface area contributed by atoms with Gasteiger partial charge in [-0.3, -0.25) is 4.79 Å². The Hall–Kier alpha value is -2.30. The number of amides is 1. The van der Waals surface area contributed by atoms with Gasteiger partial charge in [-0.25, -0.2) is 4.79 Å². The number of carbonyl (C=O) groups is 2. The maximum absolute atomic E-state index is 12.3. The lowest BCUT2D eigenvalue weighted by atomic mass is 9.86. The average Bonchev–Trinajstić information content (AvgIpc) is 2.63. The van der Waals surface area contributed by atoms with Gasteiger partial charge in [0.2, 0.25) is 0 Å². The Kier molecular flexibility index (Phi) is 7.70. The molecule has 1 aromatic rings. The van der Waals surface area contributed by atoms with Gasteiger partial charge in [0.15, 0.2) is 6.10 Å². The van der Waals surface area contributed by atoms with Gasteiger partial charge >= 0.3 is 5.97 Å². The van der Waals surface area contributed by atoms with Crippen LogP contribution < -0.4 is 10.1 Å². The van der Waals surface area contributed by atoms with E-state index < -0.39 is 12.1 Å². The minimum absolute atomic E-state index is 0.172. The number of hydrogen-bond acceptors (Lipinski definition) is 4. The molecule has 0 spiro atoms. The highest BCUT2D eigenvalue weighted by Crippen LogP contribution is 2.24. The molecule has 0 aromatic heterocycles. The van der Waals surface area contributed by atoms with Crippen LogP contribution in [0.15, 0.2) is 30.3 Å². The molecule has 1 amide bonds. The third kappa shape index (κ3) is 5.90. The molecule has 1 aromatic carbocycles. The van der Waals surface area contributed by atoms with Crippen molar-refractivity contribution in [2.24, 2.45) is 5.92 Å². The van der Waals surface area contributed by atoms with E-state index in [0.29, 0.717) is 18.3 Å². The monoisotopic (exact) mass is 359 g/mol. The van der Waals surface area contributed by atoms with Crippen molar-refractivity contribution in [2.45, 2.75) is 58.6 Å². The minimum atomic E-state index is -0.816. The molecule has 5 heteroatoms. The summed E-state index contributed by atoms with van der Waals surface area (Å²) in [5.74, 6) is 0.387. The standard InChI is InChI=1S/C21H29NO4/c1-4-25-19-12-8-6-10-17(19)13-14-20(23)26-16(3)21(24)22-18-11-7-5-9-15(18)2/h6,8,10,12-16,18H,4-5,7,9,11H2,1-3H3,(H,22,24)/b14-13+/t15-,16-,18+/m0/s1. The summed E-state index contributed by atoms with van der Waals surface area (Å²) in [6, 6.07) is 7.62. The van der Waals surface area contributed by atoms with Crippen LogP contribution in [0.25, 0.3) is 6.08 Å². The number of nitrogens with one attached hydrogen (secondary N) is 1. The predicted molar refractivity (Wildman–Crippen MR) is 102 cm³/mol. The molecule has 0 unspecified atom stereocenters. The molecule has 0 bridgehead atoms. The molecule has 26 heavy (non-hydrogen) atoms. The number of esters is 1. The van der Waals surface area contributed by atoms with Crippen LogP contribution in [0.5, 0.6) is 5.75 Å². The zero-order valence-electron chi connectivity index (χ0n) is 15.9. The van der Waals surface area contributed by atoms with Crippen LogP contribution in [0.1, 0.15) is 52.0 Å². The van der Waals surface area contributed by atoms with Gasteiger partial charge in [-0.15, -0.1) is 0 Å². The molecule has 0 radical (unpaired) electrons. The maximum atomic E-state index is 12.3. The largest absolute Gasteiger partial charge is 0.493 e. The first-order valence-electron chi connectivity index (χ1n) is 9.42. The van der Waals surface area contributed by atoms with Gasteiger partial charge in [-0.2, -0.15) is 0 Å². The van der Waals surface area contributed by atoms with Crippen LogP contribution in [0, 0.1) is 5.92 Å². The van der Waals surface area contributed by atoms with Crippen LogP contribution in [0.3, 0.4) is 0 Å². The summed E-state index contributed by atoms with van der Waals surface area (Å²) in [5.41, 5.74) is 0.791. The molecule has 1 fully saturated rings. The summed E-state index contributed by atoms with van der Waals surface area (Å²) in [6.45, 7) is 6.20. The normalized spacial score (nSPS) is 21.2. The number of rotatable bonds is 7. The van der Waals surface area contributed by atoms with Gasteiger partial charge in [-0.05, 0) is 44.7 Å². The zero-order valence-corrected chi connectivity index (χ0v) is 15.9. The molecule has 2 rings (SSSR count). The first kappa shape index (κ1) is 20.0. The summed E-state index contributed by atoms with van der Waals surface area (Å²) in [5, 5.41) is 3.01. The minimum Gasteiger partial charge on any atom is -0.493 e. The number of ether oxygens (including phenoxy) is 2. The third-order valence-corrected chi connectivity index (χ3v) is 4.72. The fourth-order valence-electron chi connectivity index (χ4n) is 3.16. The molecular weight excluding hydrogens is 330 g/mol. The van der Waals surface area contributed by atoms with Crippen molar-refractivity contribution in [3.63, 3.8) is 0 Å². The molecule has 5 nitrogen and oxygen atoms in total. The average molecular weight is 359 g/mol. The van der Waals surface area contributed by atoms with Crippen LogP contribution in [0.4, 0.5) is 0 Å². The van der Waals surface area contributed by atoms with E-state index in [1.165, 1.54) is 12.5 Å². The molecule has 0 aliphatic heterocycles. The van der Waals surface area contributed by atoms with Crippen molar-refractivity contribution in [2.75, 3.05) is 6.61 Å². The van der Waals surface area contributed by atoms with Gasteiger partial charge in [0.25, 0.3) is 5.91 Å². The molecule has 0 heterocycles. The van der Waals surface area contributed by atoms with Crippen molar-refractivity contribution in [3.8, 4) is 5.75 Å². The van der Waals surface area contributed by atoms with Crippen LogP contribution >= 0.6 is 0 Å². The summed E-state index contributed by atoms with van der Waals surface area (Å²) in [6.07, 6.45) is 6.61. The second-order valence-electron chi connectivity index (χ2n) is 6.76. The molecular formula is C21H29NO4. The Morgan fingerprint density at radius 2 is 2.00 bits per heavy atom. The second-order valence-corrected chi connectivity index (χ2v) is 6.76. The third-order valence-electron chi connectivity index (χ3n) is 4.72. The predicted octanol–water partition coefficient (Wildman–Crippen LogP) is 3.73. The Labute approximate surface area is 155 Å². The Morgan fingerprint density at radius 1 is 1.27 bits per heavy atom. The number of para-hydroxylation sites is 1. The highest BCUT2D eigenvalue weighted by atomic mass is 16.5. The van der Waals surface area contributed by atoms with Gasteiger partial charge in [-0.1, -0.05) is 38.0 Å². The molecule has 142 valence electrons. The zero-order chi connectivity index (χ0) is 18.9. The van der Waals surface area contributed by atoms with Crippen LogP contribution in [0.2, 0.25) is 0 Å². The summed E-state index contributed by atoms with van der Waals surface area (Å²) in [4.78, 5) is 24.3. The Bertz CT molecular complexity index is 641. The van der Waals surface area contributed by atoms with E-state index in [4.69, 9.17) is 9.47 Å². The first-order valence-corrected chi connectivity index (χ1v) is 9.42. The van der Waals surface area contributed by atoms with E-state index in [2.05, 4.69) is 12.2 Å². The lowest BCUT2D eigenvalue weighted by molar-refractivity contribution is -0.150. The van der Waals surface area contributed by atoms with E-state index in [0.717, 1.165) is 24.8 Å². The summed E-state index contributed by atoms with van der Waals surface area (Å²) < 4.78 is 10.7. The van der Waals surface area contributed by atoms with E-state index in [9.17, 15) is 9.59 Å². The fraction of sp³-hybridized carbons (Fsp3) is 0.524. The number of benzene rings is 1. The van der Waals surface area contributed by atoms with Gasteiger partial charge < -0.3 is 14.8 Å². The van der Waals surface area contributed by atoms with E-state index >= 15 is 0 Å². The molecule has 3 atom stereocenters. The maximum Gasteiger partial charge on any atom is 0.331 e. The van der Waals surface area contributed by atoms with Crippen LogP contribution in [-0.4, -0.2) is 30.6 Å². The Balaban J connectivity index is 1.87. The van der Waals surface area contributed by atoms with Crippen molar-refractivity contribution < 1.29 is 19.1 Å². The fourth-order valence-corrected chi connectivity index (χ4v) is 3.16. The van der Waals surface area contributed by atoms with Crippen molar-refractivity contribution in [1.82, 2.24) is 5.32 Å². The molecule has 1 aliphatic rings. The van der Waals surface area contributed by atoms with Crippen LogP contribution in [-0.2, 0) is 14.3 Å². The molecule has 1 saturated carbocycles.